The van der Waals surface area contributed by atoms with E-state index in [4.69, 9.17) is 0 Å². The minimum absolute atomic E-state index is 0.0121. The molecule has 0 unspecified atom stereocenters. The maximum atomic E-state index is 14.0. The Bertz CT molecular complexity index is 1450. The fourth-order valence-corrected chi connectivity index (χ4v) is 4.48. The second kappa shape index (κ2) is 6.92. The molecular weight excluding hydrogens is 400 g/mol. The third-order valence-corrected chi connectivity index (χ3v) is 6.23. The lowest BCUT2D eigenvalue weighted by Crippen LogP contribution is -2.03. The highest BCUT2D eigenvalue weighted by Gasteiger charge is 2.17. The highest BCUT2D eigenvalue weighted by Crippen LogP contribution is 2.35. The molecule has 0 radical (unpaired) electrons. The van der Waals surface area contributed by atoms with Crippen LogP contribution in [0.15, 0.2) is 91.0 Å². The number of fused-ring (bicyclic) bond motifs is 3. The molecule has 4 nitrogen and oxygen atoms in total. The molecule has 0 aliphatic rings. The van der Waals surface area contributed by atoms with Gasteiger partial charge in [0.05, 0.1) is 16.3 Å². The molecule has 30 heavy (non-hydrogen) atoms. The summed E-state index contributed by atoms with van der Waals surface area (Å²) in [5.41, 5.74) is 4.19. The van der Waals surface area contributed by atoms with Crippen molar-refractivity contribution in [3.8, 4) is 16.8 Å². The molecule has 0 saturated carbocycles. The Hall–Kier alpha value is -3.24. The molecule has 0 fully saturated rings. The maximum absolute atomic E-state index is 14.0. The quantitative estimate of drug-likeness (QED) is 0.387. The Labute approximate surface area is 172 Å². The Morgan fingerprint density at radius 1 is 0.700 bits per heavy atom. The Morgan fingerprint density at radius 3 is 2.20 bits per heavy atom. The summed E-state index contributed by atoms with van der Waals surface area (Å²) in [6.45, 7) is 0. The topological polar surface area (TPSA) is 62.5 Å². The minimum Gasteiger partial charge on any atom is -0.321 e. The number of hydrogen-bond donors (Lipinski definition) is 2. The highest BCUT2D eigenvalue weighted by molar-refractivity contribution is 7.60. The molecule has 0 bridgehead atoms. The van der Waals surface area contributed by atoms with E-state index in [0.717, 1.165) is 38.6 Å². The number of para-hydroxylation sites is 1. The summed E-state index contributed by atoms with van der Waals surface area (Å²) in [5, 5.41) is 2.01. The lowest BCUT2D eigenvalue weighted by molar-refractivity contribution is 0.387. The van der Waals surface area contributed by atoms with Crippen molar-refractivity contribution in [1.82, 2.24) is 4.57 Å². The van der Waals surface area contributed by atoms with Crippen LogP contribution in [-0.2, 0) is 4.57 Å². The average molecular weight is 417 g/mol. The summed E-state index contributed by atoms with van der Waals surface area (Å²) >= 11 is 0. The molecule has 5 aromatic rings. The molecule has 5 rings (SSSR count). The van der Waals surface area contributed by atoms with Gasteiger partial charge in [-0.3, -0.25) is 4.57 Å². The van der Waals surface area contributed by atoms with E-state index in [1.807, 2.05) is 59.2 Å². The zero-order valence-corrected chi connectivity index (χ0v) is 16.6. The first-order chi connectivity index (χ1) is 14.4. The molecule has 0 saturated heterocycles. The molecule has 2 N–H and O–H groups in total. The zero-order chi connectivity index (χ0) is 20.9. The Morgan fingerprint density at radius 2 is 1.43 bits per heavy atom. The van der Waals surface area contributed by atoms with Crippen LogP contribution in [0.5, 0.6) is 0 Å². The largest absolute Gasteiger partial charge is 0.356 e. The average Bonchev–Trinajstić information content (AvgIpc) is 3.07. The number of hydrogen-bond acceptors (Lipinski definition) is 1. The summed E-state index contributed by atoms with van der Waals surface area (Å²) in [6, 6.07) is 26.8. The van der Waals surface area contributed by atoms with E-state index in [1.165, 1.54) is 24.3 Å². The van der Waals surface area contributed by atoms with Gasteiger partial charge in [-0.15, -0.1) is 0 Å². The zero-order valence-electron chi connectivity index (χ0n) is 15.7. The van der Waals surface area contributed by atoms with Gasteiger partial charge in [0.1, 0.15) is 5.82 Å². The molecule has 1 heterocycles. The van der Waals surface area contributed by atoms with Gasteiger partial charge in [0, 0.05) is 16.5 Å². The lowest BCUT2D eigenvalue weighted by atomic mass is 10.1. The van der Waals surface area contributed by atoms with Crippen LogP contribution in [0.3, 0.4) is 0 Å². The van der Waals surface area contributed by atoms with E-state index in [-0.39, 0.29) is 11.1 Å². The van der Waals surface area contributed by atoms with Crippen molar-refractivity contribution in [2.75, 3.05) is 0 Å². The van der Waals surface area contributed by atoms with Gasteiger partial charge >= 0.3 is 7.60 Å². The normalized spacial score (nSPS) is 12.0. The molecule has 0 aliphatic heterocycles. The van der Waals surface area contributed by atoms with Crippen molar-refractivity contribution in [1.29, 1.82) is 0 Å². The van der Waals surface area contributed by atoms with Crippen molar-refractivity contribution >= 4 is 34.7 Å². The van der Waals surface area contributed by atoms with Gasteiger partial charge in [0.15, 0.2) is 0 Å². The smallest absolute Gasteiger partial charge is 0.321 e. The van der Waals surface area contributed by atoms with Crippen LogP contribution in [-0.4, -0.2) is 14.4 Å². The first kappa shape index (κ1) is 18.8. The summed E-state index contributed by atoms with van der Waals surface area (Å²) < 4.78 is 27.6. The molecule has 0 atom stereocenters. The van der Waals surface area contributed by atoms with Crippen LogP contribution in [0.1, 0.15) is 0 Å². The van der Waals surface area contributed by atoms with Gasteiger partial charge < -0.3 is 14.4 Å². The number of rotatable bonds is 3. The van der Waals surface area contributed by atoms with Crippen molar-refractivity contribution in [2.45, 2.75) is 0 Å². The predicted molar refractivity (Wildman–Crippen MR) is 118 cm³/mol. The van der Waals surface area contributed by atoms with Gasteiger partial charge in [-0.2, -0.15) is 0 Å². The molecule has 6 heteroatoms. The molecule has 0 amide bonds. The van der Waals surface area contributed by atoms with Gasteiger partial charge in [0.25, 0.3) is 0 Å². The van der Waals surface area contributed by atoms with Crippen LogP contribution in [0.4, 0.5) is 4.39 Å². The molecule has 0 spiro atoms. The van der Waals surface area contributed by atoms with Crippen molar-refractivity contribution < 1.29 is 18.7 Å². The first-order valence-corrected chi connectivity index (χ1v) is 11.0. The van der Waals surface area contributed by atoms with Crippen LogP contribution in [0, 0.1) is 5.82 Å². The third-order valence-electron chi connectivity index (χ3n) is 5.28. The minimum atomic E-state index is -4.31. The van der Waals surface area contributed by atoms with Crippen LogP contribution >= 0.6 is 7.60 Å². The van der Waals surface area contributed by atoms with Gasteiger partial charge in [-0.25, -0.2) is 4.39 Å². The van der Waals surface area contributed by atoms with Gasteiger partial charge in [-0.05, 0) is 59.7 Å². The first-order valence-electron chi connectivity index (χ1n) is 9.37. The second-order valence-electron chi connectivity index (χ2n) is 7.16. The summed E-state index contributed by atoms with van der Waals surface area (Å²) in [6.07, 6.45) is 0. The number of halogens is 1. The standard InChI is InChI=1S/C24H17FNO3P/c25-18-10-13-22-21-6-1-2-7-23(21)26(24(22)15-18)19-11-8-16(9-12-19)17-4-3-5-20(14-17)30(27,28)29/h1-15H,(H2,27,28,29). The number of nitrogens with zero attached hydrogens (tertiary/aromatic N) is 1. The fraction of sp³-hybridized carbons (Fsp3) is 0. The Balaban J connectivity index is 1.66. The van der Waals surface area contributed by atoms with E-state index < -0.39 is 7.60 Å². The maximum Gasteiger partial charge on any atom is 0.356 e. The van der Waals surface area contributed by atoms with Crippen LogP contribution in [0.25, 0.3) is 38.6 Å². The molecule has 148 valence electrons. The number of aromatic nitrogens is 1. The summed E-state index contributed by atoms with van der Waals surface area (Å²) in [7, 11) is -4.31. The second-order valence-corrected chi connectivity index (χ2v) is 8.76. The SMILES string of the molecule is O=P(O)(O)c1cccc(-c2ccc(-n3c4ccccc4c4ccc(F)cc43)cc2)c1. The molecule has 4 aromatic carbocycles. The third kappa shape index (κ3) is 3.14. The number of benzene rings is 4. The summed E-state index contributed by atoms with van der Waals surface area (Å²) in [4.78, 5) is 18.9. The predicted octanol–water partition coefficient (Wildman–Crippen LogP) is 5.39. The molecular formula is C24H17FNO3P. The van der Waals surface area contributed by atoms with Crippen LogP contribution < -0.4 is 5.30 Å². The van der Waals surface area contributed by atoms with E-state index in [0.29, 0.717) is 0 Å². The van der Waals surface area contributed by atoms with E-state index >= 15 is 0 Å². The van der Waals surface area contributed by atoms with Gasteiger partial charge in [0.2, 0.25) is 0 Å². The summed E-state index contributed by atoms with van der Waals surface area (Å²) in [5.74, 6) is -0.294. The highest BCUT2D eigenvalue weighted by atomic mass is 31.2. The van der Waals surface area contributed by atoms with E-state index in [2.05, 4.69) is 0 Å². The van der Waals surface area contributed by atoms with Crippen LogP contribution in [0.2, 0.25) is 0 Å². The van der Waals surface area contributed by atoms with Crippen molar-refractivity contribution in [2.24, 2.45) is 0 Å². The molecule has 0 aliphatic carbocycles. The lowest BCUT2D eigenvalue weighted by Gasteiger charge is -2.10. The van der Waals surface area contributed by atoms with Gasteiger partial charge in [-0.1, -0.05) is 42.5 Å². The van der Waals surface area contributed by atoms with E-state index in [9.17, 15) is 18.7 Å². The fourth-order valence-electron chi connectivity index (χ4n) is 3.89. The van der Waals surface area contributed by atoms with Crippen molar-refractivity contribution in [3.63, 3.8) is 0 Å². The van der Waals surface area contributed by atoms with E-state index in [1.54, 1.807) is 12.1 Å². The molecule has 1 aromatic heterocycles. The Kier molecular flexibility index (Phi) is 4.33. The monoisotopic (exact) mass is 417 g/mol. The van der Waals surface area contributed by atoms with Crippen molar-refractivity contribution in [3.05, 3.63) is 96.8 Å².